The molecule has 2 aromatic rings. The zero-order chi connectivity index (χ0) is 27.8. The van der Waals surface area contributed by atoms with Crippen LogP contribution in [-0.2, 0) is 0 Å². The van der Waals surface area contributed by atoms with E-state index in [1.54, 1.807) is 22.8 Å². The van der Waals surface area contributed by atoms with Gasteiger partial charge in [-0.25, -0.2) is 0 Å². The fourth-order valence-electron chi connectivity index (χ4n) is 10.6. The number of phenolic OH excluding ortho intramolecular Hbond substituents is 1. The minimum atomic E-state index is 0.0963. The van der Waals surface area contributed by atoms with Crippen LogP contribution in [0.15, 0.2) is 59.7 Å². The fraction of sp³-hybridized carbons (Fsp3) is 0.568. The van der Waals surface area contributed by atoms with Crippen LogP contribution in [0.5, 0.6) is 5.75 Å². The van der Waals surface area contributed by atoms with Gasteiger partial charge in [-0.2, -0.15) is 0 Å². The fourth-order valence-corrected chi connectivity index (χ4v) is 11.7. The van der Waals surface area contributed by atoms with Crippen molar-refractivity contribution >= 4 is 34.3 Å². The van der Waals surface area contributed by atoms with Gasteiger partial charge in [-0.05, 0) is 155 Å². The van der Waals surface area contributed by atoms with Crippen molar-refractivity contribution in [3.05, 3.63) is 76.4 Å². The van der Waals surface area contributed by atoms with Crippen LogP contribution in [0, 0.1) is 42.4 Å². The van der Waals surface area contributed by atoms with Crippen LogP contribution in [0.25, 0.3) is 11.1 Å². The van der Waals surface area contributed by atoms with Crippen LogP contribution in [0.2, 0.25) is 0 Å². The Morgan fingerprint density at radius 2 is 1.07 bits per heavy atom. The van der Waals surface area contributed by atoms with Gasteiger partial charge in [-0.1, -0.05) is 53.1 Å². The van der Waals surface area contributed by atoms with Gasteiger partial charge in [-0.3, -0.25) is 0 Å². The van der Waals surface area contributed by atoms with Gasteiger partial charge in [0.2, 0.25) is 0 Å². The van der Waals surface area contributed by atoms with Crippen molar-refractivity contribution in [1.82, 2.24) is 0 Å². The van der Waals surface area contributed by atoms with E-state index >= 15 is 0 Å². The van der Waals surface area contributed by atoms with E-state index < -0.39 is 0 Å². The molecule has 8 saturated carbocycles. The number of aryl methyl sites for hydroxylation is 1. The second kappa shape index (κ2) is 9.95. The molecule has 4 unspecified atom stereocenters. The highest BCUT2D eigenvalue weighted by molar-refractivity contribution is 6.24. The first kappa shape index (κ1) is 27.2. The second-order valence-electron chi connectivity index (χ2n) is 14.6. The standard InChI is InChI=1S/C19H23Cl.C18H21ClO/c1-12-4-3-5-15(6-12)13(2)18-16-7-14-8-17(18)11-19(20,9-14)10-16;1-11(13-3-2-4-16(20)7-13)17-14-5-12-6-15(17)10-18(19,8-12)9-14/h3-6,14,16-17H,7-11H2,1-2H3;2-4,7,12,14-15,20H,5-6,8-10H2,1H3. The van der Waals surface area contributed by atoms with Crippen LogP contribution in [0.1, 0.15) is 94.7 Å². The average Bonchev–Trinajstić information content (AvgIpc) is 2.86. The maximum atomic E-state index is 9.71. The van der Waals surface area contributed by atoms with Crippen molar-refractivity contribution in [2.24, 2.45) is 35.5 Å². The predicted octanol–water partition coefficient (Wildman–Crippen LogP) is 10.6. The quantitative estimate of drug-likeness (QED) is 0.353. The molecule has 0 amide bonds. The third-order valence-electron chi connectivity index (χ3n) is 11.6. The molecule has 8 bridgehead atoms. The molecule has 3 heteroatoms. The van der Waals surface area contributed by atoms with E-state index in [2.05, 4.69) is 51.1 Å². The second-order valence-corrected chi connectivity index (χ2v) is 16.2. The van der Waals surface area contributed by atoms with Crippen molar-refractivity contribution in [2.45, 2.75) is 94.7 Å². The Morgan fingerprint density at radius 1 is 0.650 bits per heavy atom. The van der Waals surface area contributed by atoms with E-state index in [-0.39, 0.29) is 9.75 Å². The first-order valence-corrected chi connectivity index (χ1v) is 16.5. The summed E-state index contributed by atoms with van der Waals surface area (Å²) in [5, 5.41) is 9.71. The number of allylic oxidation sites excluding steroid dienone is 4. The van der Waals surface area contributed by atoms with Crippen molar-refractivity contribution < 1.29 is 5.11 Å². The molecule has 10 rings (SSSR count). The number of aromatic hydroxyl groups is 1. The van der Waals surface area contributed by atoms with Crippen LogP contribution in [0.3, 0.4) is 0 Å². The van der Waals surface area contributed by atoms with E-state index in [1.807, 2.05) is 12.1 Å². The molecule has 40 heavy (non-hydrogen) atoms. The average molecular weight is 576 g/mol. The van der Waals surface area contributed by atoms with Crippen LogP contribution in [-0.4, -0.2) is 14.9 Å². The Bertz CT molecular complexity index is 1240. The number of rotatable bonds is 2. The molecule has 1 nitrogen and oxygen atoms in total. The third-order valence-corrected chi connectivity index (χ3v) is 12.5. The summed E-state index contributed by atoms with van der Waals surface area (Å²) < 4.78 is 0. The van der Waals surface area contributed by atoms with Crippen molar-refractivity contribution in [3.63, 3.8) is 0 Å². The molecule has 2 aromatic carbocycles. The zero-order valence-electron chi connectivity index (χ0n) is 24.4. The first-order chi connectivity index (χ1) is 19.1. The van der Waals surface area contributed by atoms with Gasteiger partial charge in [0.1, 0.15) is 5.75 Å². The summed E-state index contributed by atoms with van der Waals surface area (Å²) in [6.07, 6.45) is 12.7. The van der Waals surface area contributed by atoms with E-state index in [4.69, 9.17) is 23.2 Å². The number of benzene rings is 2. The highest BCUT2D eigenvalue weighted by atomic mass is 35.5. The lowest BCUT2D eigenvalue weighted by Crippen LogP contribution is -2.48. The summed E-state index contributed by atoms with van der Waals surface area (Å²) in [4.78, 5) is 0.242. The summed E-state index contributed by atoms with van der Waals surface area (Å²) in [7, 11) is 0. The maximum Gasteiger partial charge on any atom is 0.116 e. The van der Waals surface area contributed by atoms with E-state index in [9.17, 15) is 5.11 Å². The largest absolute Gasteiger partial charge is 0.508 e. The van der Waals surface area contributed by atoms with Crippen molar-refractivity contribution in [1.29, 1.82) is 0 Å². The van der Waals surface area contributed by atoms with Gasteiger partial charge in [0.25, 0.3) is 0 Å². The summed E-state index contributed by atoms with van der Waals surface area (Å²) in [6, 6.07) is 16.7. The Labute approximate surface area is 251 Å². The summed E-state index contributed by atoms with van der Waals surface area (Å²) >= 11 is 13.7. The zero-order valence-corrected chi connectivity index (χ0v) is 25.9. The SMILES string of the molecule is CC(=C1C2CC3CC1CC(Cl)(C3)C2)c1cccc(C)c1.CC(=C1C2CC3CC1CC(Cl)(C3)C2)c1cccc(O)c1. The minimum absolute atomic E-state index is 0.0963. The Balaban J connectivity index is 0.000000132. The van der Waals surface area contributed by atoms with Gasteiger partial charge < -0.3 is 5.11 Å². The van der Waals surface area contributed by atoms with Gasteiger partial charge in [0.05, 0.1) is 0 Å². The van der Waals surface area contributed by atoms with Crippen molar-refractivity contribution in [2.75, 3.05) is 0 Å². The Hall–Kier alpha value is -1.70. The molecular weight excluding hydrogens is 531 g/mol. The van der Waals surface area contributed by atoms with E-state index in [0.29, 0.717) is 17.6 Å². The molecule has 0 aromatic heterocycles. The van der Waals surface area contributed by atoms with Gasteiger partial charge in [0, 0.05) is 9.75 Å². The normalized spacial score (nSPS) is 38.3. The van der Waals surface area contributed by atoms with E-state index in [0.717, 1.165) is 36.5 Å². The molecule has 0 radical (unpaired) electrons. The molecule has 0 saturated heterocycles. The Morgan fingerprint density at radius 3 is 1.48 bits per heavy atom. The molecule has 0 spiro atoms. The van der Waals surface area contributed by atoms with Gasteiger partial charge in [-0.15, -0.1) is 23.2 Å². The first-order valence-electron chi connectivity index (χ1n) is 15.7. The highest BCUT2D eigenvalue weighted by Crippen LogP contribution is 2.63. The van der Waals surface area contributed by atoms with Crippen LogP contribution >= 0.6 is 23.2 Å². The van der Waals surface area contributed by atoms with Crippen molar-refractivity contribution in [3.8, 4) is 5.75 Å². The van der Waals surface area contributed by atoms with E-state index in [1.165, 1.54) is 73.6 Å². The lowest BCUT2D eigenvalue weighted by atomic mass is 9.53. The lowest BCUT2D eigenvalue weighted by Gasteiger charge is -2.56. The molecule has 4 atom stereocenters. The van der Waals surface area contributed by atoms with Crippen LogP contribution < -0.4 is 0 Å². The smallest absolute Gasteiger partial charge is 0.116 e. The predicted molar refractivity (Wildman–Crippen MR) is 169 cm³/mol. The molecule has 0 heterocycles. The Kier molecular flexibility index (Phi) is 6.75. The summed E-state index contributed by atoms with van der Waals surface area (Å²) in [5.74, 6) is 5.01. The molecule has 212 valence electrons. The number of hydrogen-bond acceptors (Lipinski definition) is 1. The number of alkyl halides is 2. The topological polar surface area (TPSA) is 20.2 Å². The summed E-state index contributed by atoms with van der Waals surface area (Å²) in [6.45, 7) is 6.76. The third kappa shape index (κ3) is 4.88. The molecular formula is C37H44Cl2O. The van der Waals surface area contributed by atoms with Gasteiger partial charge >= 0.3 is 0 Å². The van der Waals surface area contributed by atoms with Crippen LogP contribution in [0.4, 0.5) is 0 Å². The molecule has 8 aliphatic rings. The molecule has 1 N–H and O–H groups in total. The molecule has 8 aliphatic carbocycles. The molecule has 8 fully saturated rings. The summed E-state index contributed by atoms with van der Waals surface area (Å²) in [5.41, 5.74) is 10.3. The van der Waals surface area contributed by atoms with Gasteiger partial charge in [0.15, 0.2) is 0 Å². The maximum absolute atomic E-state index is 9.71. The number of phenols is 1. The lowest BCUT2D eigenvalue weighted by molar-refractivity contribution is 0.0874. The number of halogens is 2. The number of hydrogen-bond donors (Lipinski definition) is 1. The highest BCUT2D eigenvalue weighted by Gasteiger charge is 2.54. The minimum Gasteiger partial charge on any atom is -0.508 e. The monoisotopic (exact) mass is 574 g/mol. The molecule has 0 aliphatic heterocycles.